The van der Waals surface area contributed by atoms with Crippen LogP contribution in [0.25, 0.3) is 0 Å². The SMILES string of the molecule is Cc1ccsc1C(=O)OCC(=O)Nc1ccc(C(C)(C)C)cc1. The third kappa shape index (κ3) is 4.66. The Morgan fingerprint density at radius 3 is 2.30 bits per heavy atom. The number of esters is 1. The lowest BCUT2D eigenvalue weighted by atomic mass is 9.87. The molecule has 0 radical (unpaired) electrons. The van der Waals surface area contributed by atoms with Crippen molar-refractivity contribution in [1.82, 2.24) is 0 Å². The highest BCUT2D eigenvalue weighted by Gasteiger charge is 2.15. The summed E-state index contributed by atoms with van der Waals surface area (Å²) in [7, 11) is 0. The Morgan fingerprint density at radius 2 is 1.78 bits per heavy atom. The zero-order valence-electron chi connectivity index (χ0n) is 13.8. The second-order valence-corrected chi connectivity index (χ2v) is 7.30. The van der Waals surface area contributed by atoms with Crippen molar-refractivity contribution in [2.24, 2.45) is 0 Å². The van der Waals surface area contributed by atoms with Gasteiger partial charge in [0, 0.05) is 5.69 Å². The summed E-state index contributed by atoms with van der Waals surface area (Å²) in [6, 6.07) is 9.51. The smallest absolute Gasteiger partial charge is 0.349 e. The molecule has 2 rings (SSSR count). The lowest BCUT2D eigenvalue weighted by molar-refractivity contribution is -0.119. The molecular formula is C18H21NO3S. The van der Waals surface area contributed by atoms with Crippen LogP contribution < -0.4 is 5.32 Å². The monoisotopic (exact) mass is 331 g/mol. The van der Waals surface area contributed by atoms with Crippen molar-refractivity contribution >= 4 is 28.9 Å². The van der Waals surface area contributed by atoms with Crippen LogP contribution in [-0.2, 0) is 14.9 Å². The number of amides is 1. The number of nitrogens with one attached hydrogen (secondary N) is 1. The van der Waals surface area contributed by atoms with Crippen LogP contribution in [0.4, 0.5) is 5.69 Å². The van der Waals surface area contributed by atoms with Gasteiger partial charge in [-0.25, -0.2) is 4.79 Å². The first-order valence-corrected chi connectivity index (χ1v) is 8.27. The fourth-order valence-electron chi connectivity index (χ4n) is 2.03. The topological polar surface area (TPSA) is 55.4 Å². The Labute approximate surface area is 140 Å². The second-order valence-electron chi connectivity index (χ2n) is 6.38. The second kappa shape index (κ2) is 6.96. The van der Waals surface area contributed by atoms with Gasteiger partial charge in [0.2, 0.25) is 0 Å². The van der Waals surface area contributed by atoms with E-state index >= 15 is 0 Å². The molecular weight excluding hydrogens is 310 g/mol. The number of aryl methyl sites for hydroxylation is 1. The van der Waals surface area contributed by atoms with Crippen molar-refractivity contribution in [1.29, 1.82) is 0 Å². The summed E-state index contributed by atoms with van der Waals surface area (Å²) in [6.45, 7) is 7.94. The van der Waals surface area contributed by atoms with Crippen LogP contribution in [0, 0.1) is 6.92 Å². The van der Waals surface area contributed by atoms with Crippen molar-refractivity contribution in [3.05, 3.63) is 51.7 Å². The minimum absolute atomic E-state index is 0.0661. The predicted molar refractivity (Wildman–Crippen MR) is 93.1 cm³/mol. The van der Waals surface area contributed by atoms with Gasteiger partial charge in [-0.05, 0) is 47.0 Å². The average Bonchev–Trinajstić information content (AvgIpc) is 2.90. The molecule has 0 atom stereocenters. The van der Waals surface area contributed by atoms with Gasteiger partial charge in [0.15, 0.2) is 6.61 Å². The van der Waals surface area contributed by atoms with Gasteiger partial charge in [0.1, 0.15) is 4.88 Å². The molecule has 5 heteroatoms. The number of hydrogen-bond donors (Lipinski definition) is 1. The summed E-state index contributed by atoms with van der Waals surface area (Å²) in [5.74, 6) is -0.813. The van der Waals surface area contributed by atoms with E-state index in [9.17, 15) is 9.59 Å². The molecule has 1 N–H and O–H groups in total. The number of thiophene rings is 1. The Bertz CT molecular complexity index is 696. The van der Waals surface area contributed by atoms with Crippen molar-refractivity contribution in [2.45, 2.75) is 33.1 Å². The highest BCUT2D eigenvalue weighted by Crippen LogP contribution is 2.23. The molecule has 1 aromatic carbocycles. The van der Waals surface area contributed by atoms with E-state index in [1.165, 1.54) is 16.9 Å². The molecule has 4 nitrogen and oxygen atoms in total. The van der Waals surface area contributed by atoms with Crippen LogP contribution >= 0.6 is 11.3 Å². The van der Waals surface area contributed by atoms with Crippen molar-refractivity contribution in [2.75, 3.05) is 11.9 Å². The zero-order chi connectivity index (χ0) is 17.0. The third-order valence-electron chi connectivity index (χ3n) is 3.42. The zero-order valence-corrected chi connectivity index (χ0v) is 14.6. The van der Waals surface area contributed by atoms with Crippen molar-refractivity contribution in [3.8, 4) is 0 Å². The molecule has 0 saturated heterocycles. The normalized spacial score (nSPS) is 11.1. The Kier molecular flexibility index (Phi) is 5.21. The molecule has 122 valence electrons. The molecule has 0 aliphatic carbocycles. The molecule has 1 aromatic heterocycles. The molecule has 1 amide bonds. The maximum atomic E-state index is 11.9. The first-order chi connectivity index (χ1) is 10.8. The highest BCUT2D eigenvalue weighted by molar-refractivity contribution is 7.12. The van der Waals surface area contributed by atoms with Gasteiger partial charge in [0.25, 0.3) is 5.91 Å². The van der Waals surface area contributed by atoms with Crippen LogP contribution in [0.5, 0.6) is 0 Å². The summed E-state index contributed by atoms with van der Waals surface area (Å²) in [4.78, 5) is 24.2. The molecule has 0 unspecified atom stereocenters. The highest BCUT2D eigenvalue weighted by atomic mass is 32.1. The first kappa shape index (κ1) is 17.2. The van der Waals surface area contributed by atoms with E-state index in [0.717, 1.165) is 5.56 Å². The number of benzene rings is 1. The number of anilines is 1. The van der Waals surface area contributed by atoms with Crippen LogP contribution in [0.15, 0.2) is 35.7 Å². The van der Waals surface area contributed by atoms with E-state index in [4.69, 9.17) is 4.74 Å². The minimum Gasteiger partial charge on any atom is -0.451 e. The van der Waals surface area contributed by atoms with Gasteiger partial charge in [-0.15, -0.1) is 11.3 Å². The molecule has 0 aliphatic heterocycles. The van der Waals surface area contributed by atoms with Crippen LogP contribution in [0.2, 0.25) is 0 Å². The van der Waals surface area contributed by atoms with Crippen LogP contribution in [0.1, 0.15) is 41.6 Å². The molecule has 0 spiro atoms. The van der Waals surface area contributed by atoms with Crippen molar-refractivity contribution in [3.63, 3.8) is 0 Å². The standard InChI is InChI=1S/C18H21NO3S/c1-12-9-10-23-16(12)17(21)22-11-15(20)19-14-7-5-13(6-8-14)18(2,3)4/h5-10H,11H2,1-4H3,(H,19,20). The first-order valence-electron chi connectivity index (χ1n) is 7.39. The largest absolute Gasteiger partial charge is 0.451 e. The van der Waals surface area contributed by atoms with Gasteiger partial charge in [-0.1, -0.05) is 32.9 Å². The van der Waals surface area contributed by atoms with E-state index < -0.39 is 5.97 Å². The van der Waals surface area contributed by atoms with Crippen molar-refractivity contribution < 1.29 is 14.3 Å². The van der Waals surface area contributed by atoms with E-state index in [2.05, 4.69) is 26.1 Å². The maximum Gasteiger partial charge on any atom is 0.349 e. The fourth-order valence-corrected chi connectivity index (χ4v) is 2.85. The molecule has 23 heavy (non-hydrogen) atoms. The Hall–Kier alpha value is -2.14. The van der Waals surface area contributed by atoms with Gasteiger partial charge in [-0.3, -0.25) is 4.79 Å². The number of hydrogen-bond acceptors (Lipinski definition) is 4. The van der Waals surface area contributed by atoms with E-state index in [1.807, 2.05) is 42.6 Å². The number of carbonyl (C=O) groups excluding carboxylic acids is 2. The molecule has 1 heterocycles. The summed E-state index contributed by atoms with van der Waals surface area (Å²) in [6.07, 6.45) is 0. The molecule has 2 aromatic rings. The van der Waals surface area contributed by atoms with Gasteiger partial charge in [0.05, 0.1) is 0 Å². The molecule has 0 bridgehead atoms. The predicted octanol–water partition coefficient (Wildman–Crippen LogP) is 4.15. The summed E-state index contributed by atoms with van der Waals surface area (Å²) < 4.78 is 5.04. The lowest BCUT2D eigenvalue weighted by Crippen LogP contribution is -2.21. The third-order valence-corrected chi connectivity index (χ3v) is 4.41. The van der Waals surface area contributed by atoms with E-state index in [-0.39, 0.29) is 17.9 Å². The number of ether oxygens (including phenoxy) is 1. The minimum atomic E-state index is -0.462. The number of rotatable bonds is 4. The van der Waals surface area contributed by atoms with E-state index in [0.29, 0.717) is 10.6 Å². The lowest BCUT2D eigenvalue weighted by Gasteiger charge is -2.19. The summed E-state index contributed by atoms with van der Waals surface area (Å²) in [5, 5.41) is 4.55. The average molecular weight is 331 g/mol. The van der Waals surface area contributed by atoms with Crippen LogP contribution in [0.3, 0.4) is 0 Å². The van der Waals surface area contributed by atoms with Gasteiger partial charge in [-0.2, -0.15) is 0 Å². The number of carbonyl (C=O) groups is 2. The van der Waals surface area contributed by atoms with E-state index in [1.54, 1.807) is 0 Å². The summed E-state index contributed by atoms with van der Waals surface area (Å²) in [5.41, 5.74) is 2.80. The molecule has 0 saturated carbocycles. The quantitative estimate of drug-likeness (QED) is 0.856. The fraction of sp³-hybridized carbons (Fsp3) is 0.333. The van der Waals surface area contributed by atoms with Gasteiger partial charge < -0.3 is 10.1 Å². The van der Waals surface area contributed by atoms with Gasteiger partial charge >= 0.3 is 5.97 Å². The Morgan fingerprint density at radius 1 is 1.13 bits per heavy atom. The Balaban J connectivity index is 1.88. The molecule has 0 aliphatic rings. The maximum absolute atomic E-state index is 11.9. The molecule has 0 fully saturated rings. The summed E-state index contributed by atoms with van der Waals surface area (Å²) >= 11 is 1.31. The van der Waals surface area contributed by atoms with Crippen LogP contribution in [-0.4, -0.2) is 18.5 Å².